The summed E-state index contributed by atoms with van der Waals surface area (Å²) in [6.45, 7) is 22.0. The van der Waals surface area contributed by atoms with E-state index in [1.807, 2.05) is 0 Å². The van der Waals surface area contributed by atoms with E-state index in [9.17, 15) is 5.11 Å². The number of hydrogen-bond donors (Lipinski definition) is 1. The molecule has 3 nitrogen and oxygen atoms in total. The van der Waals surface area contributed by atoms with Crippen LogP contribution in [0.4, 0.5) is 0 Å². The number of allylic oxidation sites excluding steroid dienone is 2. The lowest BCUT2D eigenvalue weighted by molar-refractivity contribution is 0.0138. The van der Waals surface area contributed by atoms with E-state index in [1.54, 1.807) is 0 Å². The van der Waals surface area contributed by atoms with E-state index in [2.05, 4.69) is 135 Å². The first kappa shape index (κ1) is 32.0. The number of aliphatic hydroxyl groups is 1. The first-order chi connectivity index (χ1) is 18.4. The van der Waals surface area contributed by atoms with Crippen molar-refractivity contribution in [1.29, 1.82) is 0 Å². The lowest BCUT2D eigenvalue weighted by atomic mass is 9.80. The zero-order valence-electron chi connectivity index (χ0n) is 26.0. The molecule has 3 atom stereocenters. The van der Waals surface area contributed by atoms with E-state index in [4.69, 9.17) is 8.85 Å². The minimum absolute atomic E-state index is 0.110. The van der Waals surface area contributed by atoms with E-state index < -0.39 is 22.7 Å². The van der Waals surface area contributed by atoms with Crippen LogP contribution in [0.25, 0.3) is 0 Å². The van der Waals surface area contributed by atoms with E-state index >= 15 is 0 Å². The Labute approximate surface area is 241 Å². The smallest absolute Gasteiger partial charge is 0.261 e. The standard InChI is InChI=1S/C34H54O3Si2/c1-26(2)38(27(3)4,28(5)6)36-24-29-18-16-17-23-32(29)33(35)25-37-39(34(7,8)9,30-19-12-10-13-20-30)31-21-14-11-15-22-31/h10-17,19-22,26-29,32-33,35H,18,23-25H2,1-9H3/t29-,32-,33+/m0/s1. The second kappa shape index (κ2) is 13.4. The summed E-state index contributed by atoms with van der Waals surface area (Å²) < 4.78 is 14.2. The van der Waals surface area contributed by atoms with Crippen molar-refractivity contribution in [1.82, 2.24) is 0 Å². The van der Waals surface area contributed by atoms with Crippen LogP contribution in [0.15, 0.2) is 72.8 Å². The predicted molar refractivity (Wildman–Crippen MR) is 172 cm³/mol. The van der Waals surface area contributed by atoms with Gasteiger partial charge in [0.15, 0.2) is 8.32 Å². The van der Waals surface area contributed by atoms with Gasteiger partial charge in [0, 0.05) is 6.61 Å². The molecule has 0 aliphatic heterocycles. The van der Waals surface area contributed by atoms with Gasteiger partial charge in [0.1, 0.15) is 0 Å². The van der Waals surface area contributed by atoms with E-state index in [1.165, 1.54) is 10.4 Å². The van der Waals surface area contributed by atoms with Crippen molar-refractivity contribution in [2.24, 2.45) is 11.8 Å². The SMILES string of the molecule is CC(C)[Si](OC[C@@H]1CC=CC[C@@H]1[C@H](O)CO[Si](c1ccccc1)(c1ccccc1)C(C)(C)C)(C(C)C)C(C)C. The highest BCUT2D eigenvalue weighted by molar-refractivity contribution is 6.99. The molecular weight excluding hydrogens is 513 g/mol. The minimum Gasteiger partial charge on any atom is -0.416 e. The fraction of sp³-hybridized carbons (Fsp3) is 0.588. The Morgan fingerprint density at radius 3 is 1.64 bits per heavy atom. The molecule has 1 N–H and O–H groups in total. The summed E-state index contributed by atoms with van der Waals surface area (Å²) in [6, 6.07) is 21.4. The second-order valence-corrected chi connectivity index (χ2v) is 23.3. The Kier molecular flexibility index (Phi) is 11.0. The van der Waals surface area contributed by atoms with Crippen molar-refractivity contribution >= 4 is 27.0 Å². The molecule has 0 fully saturated rings. The molecule has 216 valence electrons. The molecule has 0 aromatic heterocycles. The summed E-state index contributed by atoms with van der Waals surface area (Å²) in [7, 11) is -4.66. The van der Waals surface area contributed by atoms with Gasteiger partial charge in [0.25, 0.3) is 8.32 Å². The van der Waals surface area contributed by atoms with Gasteiger partial charge >= 0.3 is 0 Å². The highest BCUT2D eigenvalue weighted by atomic mass is 28.4. The Bertz CT molecular complexity index is 966. The number of aliphatic hydroxyl groups excluding tert-OH is 1. The predicted octanol–water partition coefficient (Wildman–Crippen LogP) is 7.70. The molecule has 2 aromatic carbocycles. The molecule has 2 aromatic rings. The fourth-order valence-corrected chi connectivity index (χ4v) is 17.5. The molecule has 3 rings (SSSR count). The largest absolute Gasteiger partial charge is 0.416 e. The van der Waals surface area contributed by atoms with Gasteiger partial charge in [-0.15, -0.1) is 0 Å². The zero-order valence-corrected chi connectivity index (χ0v) is 28.0. The highest BCUT2D eigenvalue weighted by Gasteiger charge is 2.51. The van der Waals surface area contributed by atoms with Gasteiger partial charge in [0.2, 0.25) is 0 Å². The zero-order chi connectivity index (χ0) is 28.8. The van der Waals surface area contributed by atoms with Gasteiger partial charge in [-0.05, 0) is 56.7 Å². The Morgan fingerprint density at radius 2 is 1.21 bits per heavy atom. The van der Waals surface area contributed by atoms with Crippen molar-refractivity contribution in [2.75, 3.05) is 13.2 Å². The molecule has 0 radical (unpaired) electrons. The van der Waals surface area contributed by atoms with Crippen LogP contribution in [0, 0.1) is 11.8 Å². The van der Waals surface area contributed by atoms with Gasteiger partial charge < -0.3 is 14.0 Å². The Hall–Kier alpha value is -1.51. The van der Waals surface area contributed by atoms with Crippen LogP contribution in [0.3, 0.4) is 0 Å². The highest BCUT2D eigenvalue weighted by Crippen LogP contribution is 2.44. The maximum Gasteiger partial charge on any atom is 0.261 e. The molecule has 0 bridgehead atoms. The topological polar surface area (TPSA) is 38.7 Å². The average molecular weight is 567 g/mol. The van der Waals surface area contributed by atoms with E-state index in [-0.39, 0.29) is 11.0 Å². The molecule has 39 heavy (non-hydrogen) atoms. The molecule has 0 heterocycles. The van der Waals surface area contributed by atoms with Gasteiger partial charge in [-0.25, -0.2) is 0 Å². The van der Waals surface area contributed by atoms with Crippen LogP contribution in [0.5, 0.6) is 0 Å². The number of hydrogen-bond acceptors (Lipinski definition) is 3. The van der Waals surface area contributed by atoms with Gasteiger partial charge in [-0.2, -0.15) is 0 Å². The minimum atomic E-state index is -2.69. The lowest BCUT2D eigenvalue weighted by Gasteiger charge is -2.45. The second-order valence-electron chi connectivity index (χ2n) is 13.5. The number of rotatable bonds is 12. The summed E-state index contributed by atoms with van der Waals surface area (Å²) in [6.07, 6.45) is 5.81. The third kappa shape index (κ3) is 6.70. The summed E-state index contributed by atoms with van der Waals surface area (Å²) in [5.74, 6) is 0.433. The van der Waals surface area contributed by atoms with Crippen LogP contribution in [0.2, 0.25) is 21.7 Å². The van der Waals surface area contributed by atoms with Crippen LogP contribution in [-0.2, 0) is 8.85 Å². The maximum atomic E-state index is 11.7. The van der Waals surface area contributed by atoms with Crippen LogP contribution in [-0.4, -0.2) is 41.1 Å². The van der Waals surface area contributed by atoms with Crippen molar-refractivity contribution in [3.05, 3.63) is 72.8 Å². The molecule has 0 spiro atoms. The molecule has 0 saturated carbocycles. The first-order valence-corrected chi connectivity index (χ1v) is 19.1. The number of benzene rings is 2. The summed E-state index contributed by atoms with van der Waals surface area (Å²) in [4.78, 5) is 0. The van der Waals surface area contributed by atoms with E-state index in [0.29, 0.717) is 29.1 Å². The van der Waals surface area contributed by atoms with Crippen molar-refractivity contribution in [3.63, 3.8) is 0 Å². The molecule has 0 saturated heterocycles. The van der Waals surface area contributed by atoms with Crippen molar-refractivity contribution in [2.45, 2.75) is 103 Å². The monoisotopic (exact) mass is 566 g/mol. The third-order valence-electron chi connectivity index (χ3n) is 9.26. The lowest BCUT2D eigenvalue weighted by Crippen LogP contribution is -2.67. The maximum absolute atomic E-state index is 11.7. The molecule has 0 amide bonds. The van der Waals surface area contributed by atoms with E-state index in [0.717, 1.165) is 19.4 Å². The molecular formula is C34H54O3Si2. The Morgan fingerprint density at radius 1 is 0.744 bits per heavy atom. The van der Waals surface area contributed by atoms with Crippen LogP contribution >= 0.6 is 0 Å². The normalized spacial score (nSPS) is 19.7. The fourth-order valence-electron chi connectivity index (χ4n) is 7.40. The average Bonchev–Trinajstić information content (AvgIpc) is 2.89. The van der Waals surface area contributed by atoms with Crippen molar-refractivity contribution < 1.29 is 14.0 Å². The summed E-state index contributed by atoms with van der Waals surface area (Å²) in [5, 5.41) is 14.1. The molecule has 5 heteroatoms. The van der Waals surface area contributed by atoms with Gasteiger partial charge in [-0.1, -0.05) is 135 Å². The molecule has 1 aliphatic carbocycles. The van der Waals surface area contributed by atoms with Crippen molar-refractivity contribution in [3.8, 4) is 0 Å². The molecule has 1 aliphatic rings. The summed E-state index contributed by atoms with van der Waals surface area (Å²) in [5.41, 5.74) is 1.66. The van der Waals surface area contributed by atoms with Gasteiger partial charge in [-0.3, -0.25) is 0 Å². The van der Waals surface area contributed by atoms with Crippen LogP contribution < -0.4 is 10.4 Å². The first-order valence-electron chi connectivity index (χ1n) is 15.1. The Balaban J connectivity index is 1.87. The quantitative estimate of drug-likeness (QED) is 0.211. The van der Waals surface area contributed by atoms with Crippen LogP contribution in [0.1, 0.15) is 75.2 Å². The molecule has 0 unspecified atom stereocenters. The summed E-state index contributed by atoms with van der Waals surface area (Å²) >= 11 is 0. The van der Waals surface area contributed by atoms with Gasteiger partial charge in [0.05, 0.1) is 12.7 Å². The third-order valence-corrected chi connectivity index (χ3v) is 20.3.